The zero-order valence-electron chi connectivity index (χ0n) is 8.66. The lowest BCUT2D eigenvalue weighted by atomic mass is 10.3. The van der Waals surface area contributed by atoms with Gasteiger partial charge in [0.2, 0.25) is 10.0 Å². The first-order chi connectivity index (χ1) is 5.97. The molecule has 0 radical (unpaired) electrons. The zero-order valence-corrected chi connectivity index (χ0v) is 9.47. The van der Waals surface area contributed by atoms with Crippen LogP contribution in [-0.2, 0) is 10.0 Å². The lowest BCUT2D eigenvalue weighted by Crippen LogP contribution is -2.39. The van der Waals surface area contributed by atoms with Gasteiger partial charge in [-0.05, 0) is 39.5 Å². The third kappa shape index (κ3) is 2.95. The molecule has 0 saturated heterocycles. The van der Waals surface area contributed by atoms with Crippen LogP contribution in [0.4, 0.5) is 0 Å². The molecule has 0 unspecified atom stereocenters. The lowest BCUT2D eigenvalue weighted by Gasteiger charge is -2.25. The molecule has 0 atom stereocenters. The molecule has 4 heteroatoms. The number of nitrogens with zero attached hydrogens (tertiary/aromatic N) is 1. The minimum absolute atomic E-state index is 0.102. The second-order valence-corrected chi connectivity index (χ2v) is 6.22. The third-order valence-corrected chi connectivity index (χ3v) is 4.45. The Bertz CT molecular complexity index is 255. The molecule has 0 heterocycles. The third-order valence-electron chi connectivity index (χ3n) is 2.43. The summed E-state index contributed by atoms with van der Waals surface area (Å²) in [5.74, 6) is 0.849. The average molecular weight is 205 g/mol. The summed E-state index contributed by atoms with van der Waals surface area (Å²) in [4.78, 5) is 0. The van der Waals surface area contributed by atoms with Gasteiger partial charge in [-0.25, -0.2) is 8.42 Å². The highest BCUT2D eigenvalue weighted by molar-refractivity contribution is 7.89. The molecule has 1 fully saturated rings. The Kier molecular flexibility index (Phi) is 3.35. The molecule has 3 nitrogen and oxygen atoms in total. The maximum atomic E-state index is 11.6. The van der Waals surface area contributed by atoms with Crippen LogP contribution in [0.5, 0.6) is 0 Å². The molecule has 0 aromatic carbocycles. The largest absolute Gasteiger partial charge is 0.214 e. The van der Waals surface area contributed by atoms with Crippen LogP contribution in [0, 0.1) is 5.92 Å². The van der Waals surface area contributed by atoms with E-state index >= 15 is 0 Å². The van der Waals surface area contributed by atoms with Crippen molar-refractivity contribution >= 4 is 10.0 Å². The van der Waals surface area contributed by atoms with Crippen molar-refractivity contribution in [1.29, 1.82) is 0 Å². The summed E-state index contributed by atoms with van der Waals surface area (Å²) in [6, 6.07) is 0.102. The Morgan fingerprint density at radius 2 is 1.92 bits per heavy atom. The normalized spacial score (nSPS) is 18.5. The smallest absolute Gasteiger partial charge is 0.212 e. The Morgan fingerprint density at radius 1 is 1.38 bits per heavy atom. The van der Waals surface area contributed by atoms with Gasteiger partial charge in [-0.3, -0.25) is 0 Å². The van der Waals surface area contributed by atoms with Crippen LogP contribution >= 0.6 is 0 Å². The van der Waals surface area contributed by atoms with Crippen LogP contribution in [0.15, 0.2) is 0 Å². The van der Waals surface area contributed by atoms with Gasteiger partial charge < -0.3 is 0 Å². The SMILES string of the molecule is CCS(=O)(=O)N(CC1CC1)C(C)C. The molecule has 0 aromatic rings. The van der Waals surface area contributed by atoms with E-state index < -0.39 is 10.0 Å². The molecule has 1 aliphatic rings. The lowest BCUT2D eigenvalue weighted by molar-refractivity contribution is 0.342. The Labute approximate surface area is 81.2 Å². The van der Waals surface area contributed by atoms with Crippen molar-refractivity contribution in [2.24, 2.45) is 5.92 Å². The summed E-state index contributed by atoms with van der Waals surface area (Å²) < 4.78 is 24.9. The van der Waals surface area contributed by atoms with Gasteiger partial charge in [0.1, 0.15) is 0 Å². The fourth-order valence-corrected chi connectivity index (χ4v) is 2.78. The number of hydrogen-bond acceptors (Lipinski definition) is 2. The van der Waals surface area contributed by atoms with Gasteiger partial charge >= 0.3 is 0 Å². The maximum Gasteiger partial charge on any atom is 0.214 e. The molecule has 0 aliphatic heterocycles. The van der Waals surface area contributed by atoms with Gasteiger partial charge in [0, 0.05) is 12.6 Å². The molecule has 0 bridgehead atoms. The van der Waals surface area contributed by atoms with Gasteiger partial charge in [0.05, 0.1) is 5.75 Å². The number of sulfonamides is 1. The highest BCUT2D eigenvalue weighted by Crippen LogP contribution is 2.31. The van der Waals surface area contributed by atoms with E-state index in [1.165, 1.54) is 12.8 Å². The first-order valence-electron chi connectivity index (χ1n) is 4.97. The van der Waals surface area contributed by atoms with Crippen molar-refractivity contribution in [3.05, 3.63) is 0 Å². The molecule has 13 heavy (non-hydrogen) atoms. The van der Waals surface area contributed by atoms with E-state index in [1.807, 2.05) is 13.8 Å². The fourth-order valence-electron chi connectivity index (χ4n) is 1.37. The molecule has 1 rings (SSSR count). The van der Waals surface area contributed by atoms with Gasteiger partial charge in [-0.2, -0.15) is 4.31 Å². The average Bonchev–Trinajstić information content (AvgIpc) is 2.82. The van der Waals surface area contributed by atoms with Gasteiger partial charge in [0.25, 0.3) is 0 Å². The minimum Gasteiger partial charge on any atom is -0.212 e. The van der Waals surface area contributed by atoms with Crippen molar-refractivity contribution in [2.75, 3.05) is 12.3 Å². The van der Waals surface area contributed by atoms with Gasteiger partial charge in [-0.15, -0.1) is 0 Å². The van der Waals surface area contributed by atoms with E-state index in [9.17, 15) is 8.42 Å². The Morgan fingerprint density at radius 3 is 2.23 bits per heavy atom. The van der Waals surface area contributed by atoms with Crippen molar-refractivity contribution in [1.82, 2.24) is 4.31 Å². The van der Waals surface area contributed by atoms with Gasteiger partial charge in [-0.1, -0.05) is 0 Å². The highest BCUT2D eigenvalue weighted by Gasteiger charge is 2.31. The van der Waals surface area contributed by atoms with Crippen LogP contribution in [0.1, 0.15) is 33.6 Å². The molecule has 0 amide bonds. The summed E-state index contributed by atoms with van der Waals surface area (Å²) in [7, 11) is -2.98. The molecule has 1 saturated carbocycles. The van der Waals surface area contributed by atoms with Crippen molar-refractivity contribution < 1.29 is 8.42 Å². The Hall–Kier alpha value is -0.0900. The molecule has 78 valence electrons. The molecule has 0 N–H and O–H groups in total. The number of hydrogen-bond donors (Lipinski definition) is 0. The van der Waals surface area contributed by atoms with Crippen LogP contribution < -0.4 is 0 Å². The van der Waals surface area contributed by atoms with E-state index in [2.05, 4.69) is 0 Å². The second-order valence-electron chi connectivity index (χ2n) is 4.01. The standard InChI is InChI=1S/C9H19NO2S/c1-4-13(11,12)10(8(2)3)7-9-5-6-9/h8-9H,4-7H2,1-3H3. The van der Waals surface area contributed by atoms with E-state index in [4.69, 9.17) is 0 Å². The van der Waals surface area contributed by atoms with Crippen molar-refractivity contribution in [2.45, 2.75) is 39.7 Å². The molecular formula is C9H19NO2S. The molecule has 0 spiro atoms. The summed E-state index contributed by atoms with van der Waals surface area (Å²) >= 11 is 0. The van der Waals surface area contributed by atoms with Crippen LogP contribution in [0.3, 0.4) is 0 Å². The first-order valence-corrected chi connectivity index (χ1v) is 6.57. The summed E-state index contributed by atoms with van der Waals surface area (Å²) in [6.07, 6.45) is 2.39. The zero-order chi connectivity index (χ0) is 10.1. The second kappa shape index (κ2) is 3.96. The molecule has 1 aliphatic carbocycles. The predicted octanol–water partition coefficient (Wildman–Crippen LogP) is 1.46. The summed E-state index contributed by atoms with van der Waals surface area (Å²) in [5.41, 5.74) is 0. The van der Waals surface area contributed by atoms with Crippen LogP contribution in [0.2, 0.25) is 0 Å². The first kappa shape index (κ1) is 11.0. The highest BCUT2D eigenvalue weighted by atomic mass is 32.2. The molecule has 0 aromatic heterocycles. The van der Waals surface area contributed by atoms with Crippen molar-refractivity contribution in [3.63, 3.8) is 0 Å². The monoisotopic (exact) mass is 205 g/mol. The van der Waals surface area contributed by atoms with Crippen LogP contribution in [-0.4, -0.2) is 31.1 Å². The fraction of sp³-hybridized carbons (Fsp3) is 1.00. The summed E-state index contributed by atoms with van der Waals surface area (Å²) in [5, 5.41) is 0. The quantitative estimate of drug-likeness (QED) is 0.681. The minimum atomic E-state index is -2.98. The predicted molar refractivity (Wildman–Crippen MR) is 54.0 cm³/mol. The van der Waals surface area contributed by atoms with E-state index in [1.54, 1.807) is 11.2 Å². The topological polar surface area (TPSA) is 37.4 Å². The number of rotatable bonds is 5. The van der Waals surface area contributed by atoms with Gasteiger partial charge in [0.15, 0.2) is 0 Å². The maximum absolute atomic E-state index is 11.6. The Balaban J connectivity index is 2.65. The van der Waals surface area contributed by atoms with Crippen LogP contribution in [0.25, 0.3) is 0 Å². The van der Waals surface area contributed by atoms with E-state index in [0.29, 0.717) is 5.92 Å². The summed E-state index contributed by atoms with van der Waals surface area (Å²) in [6.45, 7) is 6.32. The van der Waals surface area contributed by atoms with Crippen molar-refractivity contribution in [3.8, 4) is 0 Å². The van der Waals surface area contributed by atoms with E-state index in [-0.39, 0.29) is 11.8 Å². The van der Waals surface area contributed by atoms with E-state index in [0.717, 1.165) is 6.54 Å². The molecular weight excluding hydrogens is 186 g/mol.